The summed E-state index contributed by atoms with van der Waals surface area (Å²) >= 11 is 0. The lowest BCUT2D eigenvalue weighted by Gasteiger charge is -2.32. The Morgan fingerprint density at radius 3 is 1.98 bits per heavy atom. The maximum absolute atomic E-state index is 14.0. The maximum atomic E-state index is 14.0. The van der Waals surface area contributed by atoms with Crippen LogP contribution >= 0.6 is 0 Å². The molecule has 0 aromatic heterocycles. The molecule has 0 saturated carbocycles. The molecule has 12 N–H and O–H groups in total. The number of guanidine groups is 1. The Bertz CT molecular complexity index is 1400. The molecule has 6 amide bonds. The van der Waals surface area contributed by atoms with Crippen molar-refractivity contribution < 1.29 is 44.1 Å². The van der Waals surface area contributed by atoms with Crippen molar-refractivity contribution in [3.05, 3.63) is 29.8 Å². The Kier molecular flexibility index (Phi) is 14.8. The number of aliphatic hydroxyl groups excluding tert-OH is 2. The summed E-state index contributed by atoms with van der Waals surface area (Å²) in [4.78, 5) is 86.9. The molecule has 2 saturated heterocycles. The second kappa shape index (κ2) is 18.7. The average Bonchev–Trinajstić information content (AvgIpc) is 3.59. The molecule has 2 heterocycles. The van der Waals surface area contributed by atoms with Gasteiger partial charge in [-0.3, -0.25) is 33.8 Å². The molecule has 1 aromatic carbocycles. The van der Waals surface area contributed by atoms with Gasteiger partial charge in [0.05, 0.1) is 13.2 Å². The number of aromatic hydroxyl groups is 1. The number of aliphatic imine (C=N–C) groups is 1. The third kappa shape index (κ3) is 10.8. The van der Waals surface area contributed by atoms with Crippen LogP contribution in [0.2, 0.25) is 0 Å². The van der Waals surface area contributed by atoms with Gasteiger partial charge in [0, 0.05) is 19.5 Å². The first-order valence-electron chi connectivity index (χ1n) is 16.7. The number of amides is 6. The number of aliphatic hydroxyl groups is 2. The Morgan fingerprint density at radius 2 is 1.40 bits per heavy atom. The van der Waals surface area contributed by atoms with Crippen LogP contribution in [0.25, 0.3) is 0 Å². The number of hydrogen-bond acceptors (Lipinski definition) is 10. The van der Waals surface area contributed by atoms with Crippen molar-refractivity contribution in [1.29, 1.82) is 0 Å². The minimum atomic E-state index is -1.58. The van der Waals surface area contributed by atoms with Crippen molar-refractivity contribution in [1.82, 2.24) is 31.5 Å². The number of carbonyl (C=O) groups excluding carboxylic acids is 6. The van der Waals surface area contributed by atoms with Crippen LogP contribution in [-0.2, 0) is 35.2 Å². The van der Waals surface area contributed by atoms with Gasteiger partial charge in [-0.1, -0.05) is 32.4 Å². The number of phenols is 1. The summed E-state index contributed by atoms with van der Waals surface area (Å²) in [7, 11) is 0. The SMILES string of the molecule is CC[C@H](C)[C@@H]1NC(=O)[C@H](Cc2ccc(O)cc2)NC(=O)[C@H]2CCCN2C(=O)[C@H](CCCN=C(N)N)NC(=O)[C@H](CO)NC(=O)[C@@H](CO)NC1=O. The zero-order chi connectivity index (χ0) is 37.0. The molecular weight excluding hydrogens is 654 g/mol. The molecule has 0 radical (unpaired) electrons. The van der Waals surface area contributed by atoms with Gasteiger partial charge in [-0.2, -0.15) is 0 Å². The van der Waals surface area contributed by atoms with Crippen molar-refractivity contribution in [2.45, 2.75) is 88.6 Å². The summed E-state index contributed by atoms with van der Waals surface area (Å²) in [6.07, 6.45) is 1.34. The number of nitrogens with two attached hydrogens (primary N) is 2. The molecule has 276 valence electrons. The second-order valence-electron chi connectivity index (χ2n) is 12.5. The first-order chi connectivity index (χ1) is 23.8. The molecule has 2 aliphatic heterocycles. The highest BCUT2D eigenvalue weighted by molar-refractivity contribution is 5.98. The van der Waals surface area contributed by atoms with E-state index >= 15 is 0 Å². The van der Waals surface area contributed by atoms with Gasteiger partial charge < -0.3 is 58.3 Å². The largest absolute Gasteiger partial charge is 0.508 e. The van der Waals surface area contributed by atoms with Gasteiger partial charge in [-0.15, -0.1) is 0 Å². The number of fused-ring (bicyclic) bond motifs is 1. The van der Waals surface area contributed by atoms with Crippen molar-refractivity contribution >= 4 is 41.4 Å². The molecule has 18 heteroatoms. The lowest BCUT2D eigenvalue weighted by atomic mass is 9.96. The maximum Gasteiger partial charge on any atom is 0.245 e. The first kappa shape index (κ1) is 39.5. The van der Waals surface area contributed by atoms with Crippen molar-refractivity contribution in [3.63, 3.8) is 0 Å². The van der Waals surface area contributed by atoms with E-state index in [0.717, 1.165) is 0 Å². The number of phenolic OH excluding ortho intramolecular Hbond substituents is 1. The van der Waals surface area contributed by atoms with E-state index in [0.29, 0.717) is 18.4 Å². The van der Waals surface area contributed by atoms with Crippen LogP contribution in [-0.4, -0.2) is 124 Å². The third-order valence-electron chi connectivity index (χ3n) is 8.83. The van der Waals surface area contributed by atoms with Gasteiger partial charge in [0.25, 0.3) is 0 Å². The molecule has 0 bridgehead atoms. The molecule has 2 fully saturated rings. The van der Waals surface area contributed by atoms with E-state index in [1.807, 2.05) is 0 Å². The summed E-state index contributed by atoms with van der Waals surface area (Å²) in [5.74, 6) is -5.35. The number of rotatable bonds is 10. The van der Waals surface area contributed by atoms with Crippen molar-refractivity contribution in [3.8, 4) is 5.75 Å². The molecule has 0 spiro atoms. The molecule has 2 aliphatic rings. The highest BCUT2D eigenvalue weighted by atomic mass is 16.3. The highest BCUT2D eigenvalue weighted by Crippen LogP contribution is 2.21. The summed E-state index contributed by atoms with van der Waals surface area (Å²) in [5, 5.41) is 42.4. The lowest BCUT2D eigenvalue weighted by molar-refractivity contribution is -0.143. The van der Waals surface area contributed by atoms with Gasteiger partial charge in [-0.05, 0) is 49.3 Å². The van der Waals surface area contributed by atoms with Crippen LogP contribution in [0.5, 0.6) is 5.75 Å². The predicted octanol–water partition coefficient (Wildman–Crippen LogP) is -3.55. The van der Waals surface area contributed by atoms with Gasteiger partial charge in [0.1, 0.15) is 42.0 Å². The van der Waals surface area contributed by atoms with E-state index in [-0.39, 0.29) is 50.5 Å². The van der Waals surface area contributed by atoms with Gasteiger partial charge in [-0.25, -0.2) is 0 Å². The topological polar surface area (TPSA) is 291 Å². The van der Waals surface area contributed by atoms with E-state index in [9.17, 15) is 44.1 Å². The summed E-state index contributed by atoms with van der Waals surface area (Å²) in [6.45, 7) is 1.99. The Hall–Kier alpha value is -4.97. The van der Waals surface area contributed by atoms with Crippen LogP contribution in [0, 0.1) is 5.92 Å². The fourth-order valence-electron chi connectivity index (χ4n) is 5.76. The molecule has 3 rings (SSSR count). The number of benzene rings is 1. The van der Waals surface area contributed by atoms with E-state index in [4.69, 9.17) is 11.5 Å². The van der Waals surface area contributed by atoms with Crippen LogP contribution in [0.15, 0.2) is 29.3 Å². The zero-order valence-corrected chi connectivity index (χ0v) is 28.3. The molecule has 50 heavy (non-hydrogen) atoms. The quantitative estimate of drug-likeness (QED) is 0.0647. The minimum absolute atomic E-state index is 0.00621. The van der Waals surface area contributed by atoms with Gasteiger partial charge >= 0.3 is 0 Å². The van der Waals surface area contributed by atoms with Gasteiger partial charge in [0.2, 0.25) is 35.4 Å². The third-order valence-corrected chi connectivity index (χ3v) is 8.83. The van der Waals surface area contributed by atoms with Crippen molar-refractivity contribution in [2.75, 3.05) is 26.3 Å². The smallest absolute Gasteiger partial charge is 0.245 e. The Labute approximate surface area is 289 Å². The Morgan fingerprint density at radius 1 is 0.840 bits per heavy atom. The summed E-state index contributed by atoms with van der Waals surface area (Å²) in [5.41, 5.74) is 11.4. The minimum Gasteiger partial charge on any atom is -0.508 e. The average molecular weight is 704 g/mol. The normalized spacial score (nSPS) is 26.3. The van der Waals surface area contributed by atoms with Crippen LogP contribution in [0.4, 0.5) is 0 Å². The molecule has 1 aromatic rings. The number of hydrogen-bond donors (Lipinski definition) is 10. The standard InChI is InChI=1S/C32H49N9O9/c1-3-17(2)25-30(49)39-23(16-43)28(47)38-22(15-42)27(46)36-20(6-4-12-35-32(33)34)31(50)41-13-5-7-24(41)29(48)37-21(26(45)40-25)14-18-8-10-19(44)11-9-18/h8-11,17,20-25,42-44H,3-7,12-16H2,1-2H3,(H,36,46)(H,37,48)(H,38,47)(H,39,49)(H,40,45)(H4,33,34,35)/t17-,20-,21-,22-,23+,24+,25-/m0/s1. The molecule has 0 unspecified atom stereocenters. The van der Waals surface area contributed by atoms with Crippen LogP contribution < -0.4 is 38.1 Å². The first-order valence-corrected chi connectivity index (χ1v) is 16.7. The summed E-state index contributed by atoms with van der Waals surface area (Å²) in [6, 6.07) is -1.86. The fourth-order valence-corrected chi connectivity index (χ4v) is 5.76. The van der Waals surface area contributed by atoms with Crippen molar-refractivity contribution in [2.24, 2.45) is 22.4 Å². The lowest BCUT2D eigenvalue weighted by Crippen LogP contribution is -2.63. The molecule has 18 nitrogen and oxygen atoms in total. The number of nitrogens with one attached hydrogen (secondary N) is 5. The van der Waals surface area contributed by atoms with Gasteiger partial charge in [0.15, 0.2) is 5.96 Å². The molecule has 7 atom stereocenters. The zero-order valence-electron chi connectivity index (χ0n) is 28.3. The van der Waals surface area contributed by atoms with Crippen LogP contribution in [0.1, 0.15) is 51.5 Å². The van der Waals surface area contributed by atoms with E-state index in [1.165, 1.54) is 17.0 Å². The number of carbonyl (C=O) groups is 6. The Balaban J connectivity index is 2.05. The number of nitrogens with zero attached hydrogens (tertiary/aromatic N) is 2. The fraction of sp³-hybridized carbons (Fsp3) is 0.594. The van der Waals surface area contributed by atoms with E-state index in [2.05, 4.69) is 31.6 Å². The second-order valence-corrected chi connectivity index (χ2v) is 12.5. The highest BCUT2D eigenvalue weighted by Gasteiger charge is 2.40. The molecule has 0 aliphatic carbocycles. The van der Waals surface area contributed by atoms with Crippen LogP contribution in [0.3, 0.4) is 0 Å². The van der Waals surface area contributed by atoms with E-state index < -0.39 is 90.8 Å². The predicted molar refractivity (Wildman–Crippen MR) is 180 cm³/mol. The monoisotopic (exact) mass is 703 g/mol. The summed E-state index contributed by atoms with van der Waals surface area (Å²) < 4.78 is 0. The van der Waals surface area contributed by atoms with E-state index in [1.54, 1.807) is 26.0 Å². The molecular formula is C32H49N9O9.